The minimum atomic E-state index is -3.54. The molecule has 0 aliphatic carbocycles. The summed E-state index contributed by atoms with van der Waals surface area (Å²) < 4.78 is 27.4. The van der Waals surface area contributed by atoms with Gasteiger partial charge >= 0.3 is 0 Å². The van der Waals surface area contributed by atoms with Crippen LogP contribution >= 0.6 is 15.9 Å². The van der Waals surface area contributed by atoms with Crippen LogP contribution in [0.1, 0.15) is 19.4 Å². The Labute approximate surface area is 116 Å². The maximum atomic E-state index is 12.1. The first-order valence-corrected chi connectivity index (χ1v) is 7.70. The molecule has 18 heavy (non-hydrogen) atoms. The standard InChI is InChI=1S/C12H17BrN2O2S/c1-8(2)4-5-15-18(16,17)12-7-10(13)6-11(14)9(12)3/h4,6-7,15H,5,14H2,1-3H3. The van der Waals surface area contributed by atoms with Crippen molar-refractivity contribution in [3.63, 3.8) is 0 Å². The van der Waals surface area contributed by atoms with Gasteiger partial charge in [0.1, 0.15) is 0 Å². The molecule has 0 heterocycles. The van der Waals surface area contributed by atoms with Gasteiger partial charge in [-0.25, -0.2) is 13.1 Å². The number of nitrogens with one attached hydrogen (secondary N) is 1. The van der Waals surface area contributed by atoms with Gasteiger partial charge in [0, 0.05) is 16.7 Å². The summed E-state index contributed by atoms with van der Waals surface area (Å²) in [6.07, 6.45) is 1.81. The lowest BCUT2D eigenvalue weighted by atomic mass is 10.2. The normalized spacial score (nSPS) is 11.3. The molecule has 0 aromatic heterocycles. The molecule has 1 rings (SSSR count). The van der Waals surface area contributed by atoms with Gasteiger partial charge in [0.2, 0.25) is 10.0 Å². The van der Waals surface area contributed by atoms with Crippen molar-refractivity contribution in [2.45, 2.75) is 25.7 Å². The largest absolute Gasteiger partial charge is 0.398 e. The molecular formula is C12H17BrN2O2S. The highest BCUT2D eigenvalue weighted by Gasteiger charge is 2.18. The van der Waals surface area contributed by atoms with Crippen molar-refractivity contribution in [2.24, 2.45) is 0 Å². The lowest BCUT2D eigenvalue weighted by Gasteiger charge is -2.11. The van der Waals surface area contributed by atoms with E-state index in [2.05, 4.69) is 20.7 Å². The highest BCUT2D eigenvalue weighted by Crippen LogP contribution is 2.26. The van der Waals surface area contributed by atoms with E-state index < -0.39 is 10.0 Å². The average molecular weight is 333 g/mol. The summed E-state index contributed by atoms with van der Waals surface area (Å²) in [6.45, 7) is 5.79. The van der Waals surface area contributed by atoms with Crippen molar-refractivity contribution in [3.8, 4) is 0 Å². The number of rotatable bonds is 4. The zero-order valence-corrected chi connectivity index (χ0v) is 13.0. The minimum absolute atomic E-state index is 0.205. The van der Waals surface area contributed by atoms with Crippen LogP contribution in [0.25, 0.3) is 0 Å². The molecule has 0 spiro atoms. The molecule has 0 radical (unpaired) electrons. The second-order valence-electron chi connectivity index (χ2n) is 4.25. The van der Waals surface area contributed by atoms with Crippen LogP contribution in [-0.4, -0.2) is 15.0 Å². The first kappa shape index (κ1) is 15.2. The molecule has 0 bridgehead atoms. The van der Waals surface area contributed by atoms with Crippen LogP contribution in [0.15, 0.2) is 33.2 Å². The molecule has 1 aromatic rings. The van der Waals surface area contributed by atoms with Crippen LogP contribution in [0.3, 0.4) is 0 Å². The molecule has 0 atom stereocenters. The maximum Gasteiger partial charge on any atom is 0.241 e. The number of sulfonamides is 1. The predicted molar refractivity (Wildman–Crippen MR) is 77.9 cm³/mol. The van der Waals surface area contributed by atoms with E-state index in [0.29, 0.717) is 15.7 Å². The van der Waals surface area contributed by atoms with Crippen molar-refractivity contribution in [1.29, 1.82) is 0 Å². The zero-order valence-electron chi connectivity index (χ0n) is 10.6. The quantitative estimate of drug-likeness (QED) is 0.657. The van der Waals surface area contributed by atoms with E-state index in [4.69, 9.17) is 5.73 Å². The summed E-state index contributed by atoms with van der Waals surface area (Å²) >= 11 is 3.25. The van der Waals surface area contributed by atoms with E-state index in [1.54, 1.807) is 19.1 Å². The van der Waals surface area contributed by atoms with Crippen LogP contribution in [0.4, 0.5) is 5.69 Å². The number of allylic oxidation sites excluding steroid dienone is 1. The molecule has 0 saturated carbocycles. The summed E-state index contributed by atoms with van der Waals surface area (Å²) in [4.78, 5) is 0.205. The second kappa shape index (κ2) is 5.86. The minimum Gasteiger partial charge on any atom is -0.398 e. The van der Waals surface area contributed by atoms with Crippen LogP contribution in [0.5, 0.6) is 0 Å². The summed E-state index contributed by atoms with van der Waals surface area (Å²) in [5.74, 6) is 0. The molecule has 3 N–H and O–H groups in total. The van der Waals surface area contributed by atoms with E-state index in [1.165, 1.54) is 0 Å². The first-order chi connectivity index (χ1) is 8.24. The smallest absolute Gasteiger partial charge is 0.241 e. The van der Waals surface area contributed by atoms with Gasteiger partial charge in [-0.15, -0.1) is 0 Å². The monoisotopic (exact) mass is 332 g/mol. The Morgan fingerprint density at radius 2 is 2.06 bits per heavy atom. The van der Waals surface area contributed by atoms with E-state index in [1.807, 2.05) is 19.9 Å². The molecule has 0 amide bonds. The fourth-order valence-corrected chi connectivity index (χ4v) is 3.27. The fourth-order valence-electron chi connectivity index (χ4n) is 1.39. The summed E-state index contributed by atoms with van der Waals surface area (Å²) in [5.41, 5.74) is 7.83. The van der Waals surface area contributed by atoms with Crippen molar-refractivity contribution >= 4 is 31.6 Å². The van der Waals surface area contributed by atoms with E-state index in [0.717, 1.165) is 5.57 Å². The number of nitrogens with two attached hydrogens (primary N) is 1. The SMILES string of the molecule is CC(C)=CCNS(=O)(=O)c1cc(Br)cc(N)c1C. The molecule has 6 heteroatoms. The maximum absolute atomic E-state index is 12.1. The molecule has 0 unspecified atom stereocenters. The van der Waals surface area contributed by atoms with Gasteiger partial charge in [-0.3, -0.25) is 0 Å². The molecule has 1 aromatic carbocycles. The number of hydrogen-bond acceptors (Lipinski definition) is 3. The van der Waals surface area contributed by atoms with Gasteiger partial charge in [0.25, 0.3) is 0 Å². The number of hydrogen-bond donors (Lipinski definition) is 2. The van der Waals surface area contributed by atoms with Crippen LogP contribution in [0, 0.1) is 6.92 Å². The Bertz CT molecular complexity index is 576. The lowest BCUT2D eigenvalue weighted by Crippen LogP contribution is -2.25. The zero-order chi connectivity index (χ0) is 13.9. The van der Waals surface area contributed by atoms with Gasteiger partial charge < -0.3 is 5.73 Å². The van der Waals surface area contributed by atoms with Gasteiger partial charge in [0.05, 0.1) is 4.90 Å². The second-order valence-corrected chi connectivity index (χ2v) is 6.90. The first-order valence-electron chi connectivity index (χ1n) is 5.42. The van der Waals surface area contributed by atoms with Gasteiger partial charge in [0.15, 0.2) is 0 Å². The number of halogens is 1. The number of anilines is 1. The molecule has 0 fully saturated rings. The third-order valence-electron chi connectivity index (χ3n) is 2.44. The Kier molecular flexibility index (Phi) is 4.95. The molecule has 100 valence electrons. The number of nitrogen functional groups attached to an aromatic ring is 1. The third kappa shape index (κ3) is 3.83. The van der Waals surface area contributed by atoms with Gasteiger partial charge in [-0.2, -0.15) is 0 Å². The topological polar surface area (TPSA) is 72.2 Å². The average Bonchev–Trinajstić information content (AvgIpc) is 2.22. The number of benzene rings is 1. The summed E-state index contributed by atoms with van der Waals surface area (Å²) in [6, 6.07) is 3.24. The van der Waals surface area contributed by atoms with Crippen molar-refractivity contribution in [2.75, 3.05) is 12.3 Å². The fraction of sp³-hybridized carbons (Fsp3) is 0.333. The Morgan fingerprint density at radius 3 is 2.61 bits per heavy atom. The highest BCUT2D eigenvalue weighted by atomic mass is 79.9. The van der Waals surface area contributed by atoms with Crippen molar-refractivity contribution < 1.29 is 8.42 Å². The van der Waals surface area contributed by atoms with Gasteiger partial charge in [-0.1, -0.05) is 27.6 Å². The molecule has 0 aliphatic heterocycles. The Balaban J connectivity index is 3.09. The molecular weight excluding hydrogens is 316 g/mol. The summed E-state index contributed by atoms with van der Waals surface area (Å²) in [7, 11) is -3.54. The van der Waals surface area contributed by atoms with Crippen molar-refractivity contribution in [1.82, 2.24) is 4.72 Å². The molecule has 0 aliphatic rings. The predicted octanol–water partition coefficient (Wildman–Crippen LogP) is 2.58. The van der Waals surface area contributed by atoms with Crippen molar-refractivity contribution in [3.05, 3.63) is 33.8 Å². The lowest BCUT2D eigenvalue weighted by molar-refractivity contribution is 0.585. The van der Waals surface area contributed by atoms with E-state index >= 15 is 0 Å². The van der Waals surface area contributed by atoms with E-state index in [-0.39, 0.29) is 11.4 Å². The van der Waals surface area contributed by atoms with Crippen LogP contribution in [-0.2, 0) is 10.0 Å². The Morgan fingerprint density at radius 1 is 1.44 bits per heavy atom. The molecule has 4 nitrogen and oxygen atoms in total. The van der Waals surface area contributed by atoms with Crippen LogP contribution in [0.2, 0.25) is 0 Å². The van der Waals surface area contributed by atoms with Gasteiger partial charge in [-0.05, 0) is 38.5 Å². The summed E-state index contributed by atoms with van der Waals surface area (Å²) in [5, 5.41) is 0. The third-order valence-corrected chi connectivity index (χ3v) is 4.45. The van der Waals surface area contributed by atoms with E-state index in [9.17, 15) is 8.42 Å². The molecule has 0 saturated heterocycles. The Hall–Kier alpha value is -0.850. The highest BCUT2D eigenvalue weighted by molar-refractivity contribution is 9.10. The van der Waals surface area contributed by atoms with Crippen LogP contribution < -0.4 is 10.5 Å².